The van der Waals surface area contributed by atoms with Gasteiger partial charge in [-0.3, -0.25) is 4.79 Å². The normalized spacial score (nSPS) is 14.3. The van der Waals surface area contributed by atoms with Crippen LogP contribution in [-0.4, -0.2) is 11.1 Å². The molecule has 1 aliphatic rings. The van der Waals surface area contributed by atoms with E-state index in [2.05, 4.69) is 19.1 Å². The average molecular weight is 202 g/mol. The molecule has 0 fully saturated rings. The minimum absolute atomic E-state index is 0.174. The zero-order chi connectivity index (χ0) is 10.8. The first-order valence-corrected chi connectivity index (χ1v) is 5.16. The van der Waals surface area contributed by atoms with Crippen molar-refractivity contribution in [1.29, 1.82) is 0 Å². The van der Waals surface area contributed by atoms with Crippen LogP contribution in [0.3, 0.4) is 0 Å². The molecular formula is C13H14O2. The van der Waals surface area contributed by atoms with Gasteiger partial charge < -0.3 is 5.11 Å². The molecule has 0 amide bonds. The Morgan fingerprint density at radius 2 is 2.20 bits per heavy atom. The number of carboxylic acids is 1. The predicted octanol–water partition coefficient (Wildman–Crippen LogP) is 2.80. The van der Waals surface area contributed by atoms with Crippen molar-refractivity contribution in [1.82, 2.24) is 0 Å². The number of hydrogen-bond acceptors (Lipinski definition) is 1. The zero-order valence-electron chi connectivity index (χ0n) is 8.79. The van der Waals surface area contributed by atoms with Gasteiger partial charge in [0.1, 0.15) is 0 Å². The van der Waals surface area contributed by atoms with Crippen molar-refractivity contribution >= 4 is 12.0 Å². The molecule has 0 atom stereocenters. The van der Waals surface area contributed by atoms with Gasteiger partial charge in [-0.2, -0.15) is 0 Å². The van der Waals surface area contributed by atoms with Crippen molar-refractivity contribution in [2.24, 2.45) is 0 Å². The van der Waals surface area contributed by atoms with Gasteiger partial charge in [0.2, 0.25) is 0 Å². The van der Waals surface area contributed by atoms with Gasteiger partial charge in [0.25, 0.3) is 0 Å². The summed E-state index contributed by atoms with van der Waals surface area (Å²) in [6.45, 7) is 2.11. The van der Waals surface area contributed by atoms with E-state index in [9.17, 15) is 4.79 Å². The molecule has 0 saturated heterocycles. The van der Waals surface area contributed by atoms with Crippen LogP contribution in [-0.2, 0) is 11.2 Å². The minimum Gasteiger partial charge on any atom is -0.481 e. The van der Waals surface area contributed by atoms with Crippen LogP contribution in [0.4, 0.5) is 0 Å². The van der Waals surface area contributed by atoms with E-state index in [0.29, 0.717) is 0 Å². The highest BCUT2D eigenvalue weighted by Crippen LogP contribution is 2.27. The number of carbonyl (C=O) groups is 1. The van der Waals surface area contributed by atoms with E-state index < -0.39 is 5.97 Å². The standard InChI is InChI=1S/C13H14O2/c1-9-3-2-4-11-7-10(8-13(14)15)5-6-12(9)11/h2-4,7H,5-6,8H2,1H3,(H,14,15). The van der Waals surface area contributed by atoms with Crippen molar-refractivity contribution in [3.05, 3.63) is 40.5 Å². The van der Waals surface area contributed by atoms with Gasteiger partial charge in [0, 0.05) is 0 Å². The first kappa shape index (κ1) is 9.97. The van der Waals surface area contributed by atoms with Gasteiger partial charge in [-0.25, -0.2) is 0 Å². The lowest BCUT2D eigenvalue weighted by molar-refractivity contribution is -0.136. The summed E-state index contributed by atoms with van der Waals surface area (Å²) in [5, 5.41) is 8.73. The van der Waals surface area contributed by atoms with Crippen molar-refractivity contribution < 1.29 is 9.90 Å². The Labute approximate surface area is 89.2 Å². The SMILES string of the molecule is Cc1cccc2c1CCC(CC(=O)O)=C2. The molecule has 0 radical (unpaired) electrons. The second kappa shape index (κ2) is 3.89. The largest absolute Gasteiger partial charge is 0.481 e. The minimum atomic E-state index is -0.739. The highest BCUT2D eigenvalue weighted by atomic mass is 16.4. The van der Waals surface area contributed by atoms with E-state index in [1.54, 1.807) is 0 Å². The summed E-state index contributed by atoms with van der Waals surface area (Å²) in [5.74, 6) is -0.739. The molecule has 0 bridgehead atoms. The van der Waals surface area contributed by atoms with E-state index >= 15 is 0 Å². The van der Waals surface area contributed by atoms with E-state index in [1.807, 2.05) is 12.1 Å². The number of fused-ring (bicyclic) bond motifs is 1. The molecule has 0 spiro atoms. The third kappa shape index (κ3) is 2.09. The summed E-state index contributed by atoms with van der Waals surface area (Å²) >= 11 is 0. The summed E-state index contributed by atoms with van der Waals surface area (Å²) in [6, 6.07) is 6.19. The number of rotatable bonds is 2. The van der Waals surface area contributed by atoms with Crippen molar-refractivity contribution in [2.45, 2.75) is 26.2 Å². The van der Waals surface area contributed by atoms with Gasteiger partial charge in [-0.05, 0) is 36.5 Å². The number of hydrogen-bond donors (Lipinski definition) is 1. The molecule has 78 valence electrons. The Morgan fingerprint density at radius 3 is 2.93 bits per heavy atom. The van der Waals surface area contributed by atoms with Crippen LogP contribution < -0.4 is 0 Å². The number of benzene rings is 1. The lowest BCUT2D eigenvalue weighted by Gasteiger charge is -2.17. The van der Waals surface area contributed by atoms with Crippen molar-refractivity contribution in [3.8, 4) is 0 Å². The van der Waals surface area contributed by atoms with Gasteiger partial charge in [0.15, 0.2) is 0 Å². The number of aryl methyl sites for hydroxylation is 1. The summed E-state index contributed by atoms with van der Waals surface area (Å²) in [7, 11) is 0. The van der Waals surface area contributed by atoms with Gasteiger partial charge in [-0.1, -0.05) is 29.8 Å². The second-order valence-corrected chi connectivity index (χ2v) is 4.02. The first-order valence-electron chi connectivity index (χ1n) is 5.16. The van der Waals surface area contributed by atoms with E-state index in [0.717, 1.165) is 18.4 Å². The maximum absolute atomic E-state index is 10.6. The first-order chi connectivity index (χ1) is 7.16. The maximum atomic E-state index is 10.6. The molecular weight excluding hydrogens is 188 g/mol. The second-order valence-electron chi connectivity index (χ2n) is 4.02. The van der Waals surface area contributed by atoms with Crippen LogP contribution in [0.2, 0.25) is 0 Å². The fourth-order valence-corrected chi connectivity index (χ4v) is 2.11. The zero-order valence-corrected chi connectivity index (χ0v) is 8.79. The molecule has 1 aliphatic carbocycles. The summed E-state index contributed by atoms with van der Waals surface area (Å²) in [6.07, 6.45) is 4.05. The molecule has 0 aliphatic heterocycles. The van der Waals surface area contributed by atoms with Gasteiger partial charge >= 0.3 is 5.97 Å². The van der Waals surface area contributed by atoms with Crippen LogP contribution in [0, 0.1) is 6.92 Å². The Bertz CT molecular complexity index is 430. The van der Waals surface area contributed by atoms with E-state index in [-0.39, 0.29) is 6.42 Å². The molecule has 2 heteroatoms. The lowest BCUT2D eigenvalue weighted by atomic mass is 9.88. The fraction of sp³-hybridized carbons (Fsp3) is 0.308. The third-order valence-electron chi connectivity index (χ3n) is 2.88. The topological polar surface area (TPSA) is 37.3 Å². The monoisotopic (exact) mass is 202 g/mol. The summed E-state index contributed by atoms with van der Waals surface area (Å²) in [4.78, 5) is 10.6. The molecule has 2 rings (SSSR count). The van der Waals surface area contributed by atoms with Gasteiger partial charge in [0.05, 0.1) is 6.42 Å². The van der Waals surface area contributed by atoms with Gasteiger partial charge in [-0.15, -0.1) is 0 Å². The maximum Gasteiger partial charge on any atom is 0.307 e. The van der Waals surface area contributed by atoms with Crippen LogP contribution in [0.1, 0.15) is 29.5 Å². The molecule has 1 aromatic rings. The molecule has 0 saturated carbocycles. The number of carboxylic acid groups (broad SMARTS) is 1. The predicted molar refractivity (Wildman–Crippen MR) is 59.7 cm³/mol. The van der Waals surface area contributed by atoms with Crippen LogP contribution in [0.15, 0.2) is 23.8 Å². The smallest absolute Gasteiger partial charge is 0.307 e. The Hall–Kier alpha value is -1.57. The molecule has 15 heavy (non-hydrogen) atoms. The molecule has 0 unspecified atom stereocenters. The summed E-state index contributed by atoms with van der Waals surface area (Å²) < 4.78 is 0. The third-order valence-corrected chi connectivity index (χ3v) is 2.88. The quantitative estimate of drug-likeness (QED) is 0.800. The number of aliphatic carboxylic acids is 1. The van der Waals surface area contributed by atoms with E-state index in [1.165, 1.54) is 16.7 Å². The molecule has 1 N–H and O–H groups in total. The molecule has 0 aromatic heterocycles. The summed E-state index contributed by atoms with van der Waals surface area (Å²) in [5.41, 5.74) is 4.89. The van der Waals surface area contributed by atoms with Crippen LogP contribution >= 0.6 is 0 Å². The highest BCUT2D eigenvalue weighted by molar-refractivity contribution is 5.74. The van der Waals surface area contributed by atoms with Crippen molar-refractivity contribution in [2.75, 3.05) is 0 Å². The lowest BCUT2D eigenvalue weighted by Crippen LogP contribution is -2.05. The molecule has 1 aromatic carbocycles. The highest BCUT2D eigenvalue weighted by Gasteiger charge is 2.13. The Morgan fingerprint density at radius 1 is 1.40 bits per heavy atom. The molecule has 0 heterocycles. The van der Waals surface area contributed by atoms with Crippen molar-refractivity contribution in [3.63, 3.8) is 0 Å². The fourth-order valence-electron chi connectivity index (χ4n) is 2.11. The average Bonchev–Trinajstić information content (AvgIpc) is 2.17. The molecule has 2 nitrogen and oxygen atoms in total. The van der Waals surface area contributed by atoms with Crippen LogP contribution in [0.25, 0.3) is 6.08 Å². The van der Waals surface area contributed by atoms with E-state index in [4.69, 9.17) is 5.11 Å². The Balaban J connectivity index is 2.33. The van der Waals surface area contributed by atoms with Crippen LogP contribution in [0.5, 0.6) is 0 Å². The Kier molecular flexibility index (Phi) is 2.58.